The topological polar surface area (TPSA) is 59.6 Å². The van der Waals surface area contributed by atoms with Gasteiger partial charge in [-0.3, -0.25) is 0 Å². The number of ether oxygens (including phenoxy) is 2. The van der Waals surface area contributed by atoms with Crippen LogP contribution in [0.5, 0.6) is 0 Å². The van der Waals surface area contributed by atoms with E-state index in [1.54, 1.807) is 14.2 Å². The third kappa shape index (κ3) is 5.09. The molecule has 0 fully saturated rings. The zero-order valence-electron chi connectivity index (χ0n) is 13.6. The standard InChI is InChI=1S/C18H22N2O3/c1-13(23-3)15-5-4-6-17(11-15)20-18(21)19-16-9-7-14(8-10-16)12-22-2/h4-11,13H,12H2,1-3H3,(H2,19,20,21)/t13-/m1/s1. The largest absolute Gasteiger partial charge is 0.380 e. The van der Waals surface area contributed by atoms with Crippen molar-refractivity contribution in [3.8, 4) is 0 Å². The van der Waals surface area contributed by atoms with Crippen molar-refractivity contribution in [3.05, 3.63) is 59.7 Å². The van der Waals surface area contributed by atoms with Crippen molar-refractivity contribution in [2.45, 2.75) is 19.6 Å². The number of amides is 2. The Bertz CT molecular complexity index is 641. The number of hydrogen-bond donors (Lipinski definition) is 2. The van der Waals surface area contributed by atoms with E-state index in [-0.39, 0.29) is 12.1 Å². The summed E-state index contributed by atoms with van der Waals surface area (Å²) in [5.74, 6) is 0. The number of anilines is 2. The van der Waals surface area contributed by atoms with Crippen LogP contribution in [0.15, 0.2) is 48.5 Å². The highest BCUT2D eigenvalue weighted by atomic mass is 16.5. The molecule has 2 aromatic rings. The first kappa shape index (κ1) is 17.0. The van der Waals surface area contributed by atoms with E-state index in [0.717, 1.165) is 22.5 Å². The van der Waals surface area contributed by atoms with Crippen molar-refractivity contribution < 1.29 is 14.3 Å². The second kappa shape index (κ2) is 8.31. The molecule has 0 aliphatic heterocycles. The second-order valence-corrected chi connectivity index (χ2v) is 5.21. The lowest BCUT2D eigenvalue weighted by molar-refractivity contribution is 0.119. The van der Waals surface area contributed by atoms with Gasteiger partial charge in [-0.1, -0.05) is 24.3 Å². The van der Waals surface area contributed by atoms with Gasteiger partial charge in [-0.15, -0.1) is 0 Å². The maximum Gasteiger partial charge on any atom is 0.323 e. The quantitative estimate of drug-likeness (QED) is 0.840. The molecule has 0 spiro atoms. The molecule has 0 unspecified atom stereocenters. The SMILES string of the molecule is COCc1ccc(NC(=O)Nc2cccc([C@@H](C)OC)c2)cc1. The zero-order valence-corrected chi connectivity index (χ0v) is 13.6. The van der Waals surface area contributed by atoms with E-state index in [4.69, 9.17) is 9.47 Å². The van der Waals surface area contributed by atoms with Gasteiger partial charge in [0.1, 0.15) is 0 Å². The molecule has 2 aromatic carbocycles. The van der Waals surface area contributed by atoms with Crippen LogP contribution in [0.4, 0.5) is 16.2 Å². The summed E-state index contributed by atoms with van der Waals surface area (Å²) in [6, 6.07) is 14.8. The molecule has 0 aromatic heterocycles. The highest BCUT2D eigenvalue weighted by molar-refractivity contribution is 5.99. The van der Waals surface area contributed by atoms with E-state index in [0.29, 0.717) is 6.61 Å². The van der Waals surface area contributed by atoms with Gasteiger partial charge in [0.15, 0.2) is 0 Å². The van der Waals surface area contributed by atoms with E-state index in [1.807, 2.05) is 55.5 Å². The number of methoxy groups -OCH3 is 2. The molecule has 0 heterocycles. The molecule has 0 aliphatic rings. The normalized spacial score (nSPS) is 11.8. The highest BCUT2D eigenvalue weighted by Crippen LogP contribution is 2.20. The molecule has 2 N–H and O–H groups in total. The minimum absolute atomic E-state index is 0.0202. The van der Waals surface area contributed by atoms with Crippen LogP contribution in [0.1, 0.15) is 24.2 Å². The van der Waals surface area contributed by atoms with E-state index >= 15 is 0 Å². The maximum atomic E-state index is 12.1. The predicted octanol–water partition coefficient (Wildman–Crippen LogP) is 4.18. The number of hydrogen-bond acceptors (Lipinski definition) is 3. The van der Waals surface area contributed by atoms with Crippen molar-refractivity contribution in [2.75, 3.05) is 24.9 Å². The summed E-state index contributed by atoms with van der Waals surface area (Å²) >= 11 is 0. The Morgan fingerprint density at radius 3 is 2.39 bits per heavy atom. The van der Waals surface area contributed by atoms with Crippen LogP contribution < -0.4 is 10.6 Å². The van der Waals surface area contributed by atoms with Crippen LogP contribution in [0.3, 0.4) is 0 Å². The van der Waals surface area contributed by atoms with Gasteiger partial charge in [0.25, 0.3) is 0 Å². The highest BCUT2D eigenvalue weighted by Gasteiger charge is 2.07. The van der Waals surface area contributed by atoms with Crippen molar-refractivity contribution in [1.29, 1.82) is 0 Å². The van der Waals surface area contributed by atoms with Gasteiger partial charge in [0.2, 0.25) is 0 Å². The van der Waals surface area contributed by atoms with Crippen molar-refractivity contribution >= 4 is 17.4 Å². The minimum Gasteiger partial charge on any atom is -0.380 e. The first-order valence-corrected chi connectivity index (χ1v) is 7.41. The maximum absolute atomic E-state index is 12.1. The van der Waals surface area contributed by atoms with Gasteiger partial charge in [0, 0.05) is 25.6 Å². The Balaban J connectivity index is 1.96. The number of rotatable bonds is 6. The third-order valence-corrected chi connectivity index (χ3v) is 3.49. The minimum atomic E-state index is -0.285. The van der Waals surface area contributed by atoms with Crippen LogP contribution in [-0.2, 0) is 16.1 Å². The van der Waals surface area contributed by atoms with Gasteiger partial charge in [-0.05, 0) is 42.3 Å². The molecular formula is C18H22N2O3. The molecule has 122 valence electrons. The third-order valence-electron chi connectivity index (χ3n) is 3.49. The Morgan fingerprint density at radius 2 is 1.74 bits per heavy atom. The van der Waals surface area contributed by atoms with Gasteiger partial charge in [0.05, 0.1) is 12.7 Å². The first-order chi connectivity index (χ1) is 11.1. The Kier molecular flexibility index (Phi) is 6.14. The molecule has 23 heavy (non-hydrogen) atoms. The number of urea groups is 1. The predicted molar refractivity (Wildman–Crippen MR) is 91.7 cm³/mol. The molecule has 5 heteroatoms. The Morgan fingerprint density at radius 1 is 1.04 bits per heavy atom. The number of carbonyl (C=O) groups is 1. The van der Waals surface area contributed by atoms with Gasteiger partial charge < -0.3 is 20.1 Å². The fourth-order valence-corrected chi connectivity index (χ4v) is 2.15. The van der Waals surface area contributed by atoms with Crippen LogP contribution in [-0.4, -0.2) is 20.3 Å². The number of carbonyl (C=O) groups excluding carboxylic acids is 1. The summed E-state index contributed by atoms with van der Waals surface area (Å²) in [5, 5.41) is 5.62. The summed E-state index contributed by atoms with van der Waals surface area (Å²) in [6.45, 7) is 2.51. The fourth-order valence-electron chi connectivity index (χ4n) is 2.15. The molecule has 2 rings (SSSR count). The molecule has 0 saturated carbocycles. The Labute approximate surface area is 136 Å². The smallest absolute Gasteiger partial charge is 0.323 e. The lowest BCUT2D eigenvalue weighted by Crippen LogP contribution is -2.19. The van der Waals surface area contributed by atoms with E-state index in [2.05, 4.69) is 10.6 Å². The average Bonchev–Trinajstić information content (AvgIpc) is 2.56. The molecule has 0 saturated heterocycles. The van der Waals surface area contributed by atoms with Crippen LogP contribution >= 0.6 is 0 Å². The lowest BCUT2D eigenvalue weighted by atomic mass is 10.1. The molecule has 0 bridgehead atoms. The summed E-state index contributed by atoms with van der Waals surface area (Å²) in [7, 11) is 3.31. The molecule has 1 atom stereocenters. The Hall–Kier alpha value is -2.37. The van der Waals surface area contributed by atoms with Gasteiger partial charge >= 0.3 is 6.03 Å². The molecule has 2 amide bonds. The molecule has 5 nitrogen and oxygen atoms in total. The summed E-state index contributed by atoms with van der Waals surface area (Å²) in [6.07, 6.45) is -0.0202. The van der Waals surface area contributed by atoms with Crippen molar-refractivity contribution in [2.24, 2.45) is 0 Å². The van der Waals surface area contributed by atoms with E-state index in [1.165, 1.54) is 0 Å². The summed E-state index contributed by atoms with van der Waals surface area (Å²) in [4.78, 5) is 12.1. The van der Waals surface area contributed by atoms with E-state index in [9.17, 15) is 4.79 Å². The monoisotopic (exact) mass is 314 g/mol. The number of benzene rings is 2. The van der Waals surface area contributed by atoms with Crippen molar-refractivity contribution in [3.63, 3.8) is 0 Å². The van der Waals surface area contributed by atoms with E-state index < -0.39 is 0 Å². The van der Waals surface area contributed by atoms with Crippen molar-refractivity contribution in [1.82, 2.24) is 0 Å². The zero-order chi connectivity index (χ0) is 16.7. The van der Waals surface area contributed by atoms with Gasteiger partial charge in [-0.25, -0.2) is 4.79 Å². The number of nitrogens with one attached hydrogen (secondary N) is 2. The second-order valence-electron chi connectivity index (χ2n) is 5.21. The molecular weight excluding hydrogens is 292 g/mol. The lowest BCUT2D eigenvalue weighted by Gasteiger charge is -2.12. The summed E-state index contributed by atoms with van der Waals surface area (Å²) in [5.41, 5.74) is 3.51. The van der Waals surface area contributed by atoms with Crippen LogP contribution in [0.2, 0.25) is 0 Å². The van der Waals surface area contributed by atoms with Gasteiger partial charge in [-0.2, -0.15) is 0 Å². The fraction of sp³-hybridized carbons (Fsp3) is 0.278. The first-order valence-electron chi connectivity index (χ1n) is 7.41. The van der Waals surface area contributed by atoms with Crippen LogP contribution in [0.25, 0.3) is 0 Å². The summed E-state index contributed by atoms with van der Waals surface area (Å²) < 4.78 is 10.3. The molecule has 0 radical (unpaired) electrons. The molecule has 0 aliphatic carbocycles. The van der Waals surface area contributed by atoms with Crippen LogP contribution in [0, 0.1) is 0 Å². The average molecular weight is 314 g/mol.